The number of amides is 3. The van der Waals surface area contributed by atoms with Gasteiger partial charge in [0.25, 0.3) is 11.1 Å². The van der Waals surface area contributed by atoms with E-state index >= 15 is 0 Å². The van der Waals surface area contributed by atoms with Crippen LogP contribution in [0.15, 0.2) is 76.5 Å². The first-order valence-corrected chi connectivity index (χ1v) is 13.5. The van der Waals surface area contributed by atoms with Gasteiger partial charge in [-0.15, -0.1) is 0 Å². The van der Waals surface area contributed by atoms with Crippen molar-refractivity contribution in [1.82, 2.24) is 4.90 Å². The molecule has 0 spiro atoms. The Bertz CT molecular complexity index is 1530. The summed E-state index contributed by atoms with van der Waals surface area (Å²) < 4.78 is 30.5. The molecule has 8 nitrogen and oxygen atoms in total. The molecule has 0 atom stereocenters. The molecule has 0 unspecified atom stereocenters. The Balaban J connectivity index is 1.48. The maximum Gasteiger partial charge on any atom is 0.339 e. The Morgan fingerprint density at radius 3 is 2.46 bits per heavy atom. The quantitative estimate of drug-likeness (QED) is 0.297. The van der Waals surface area contributed by atoms with Crippen LogP contribution >= 0.6 is 23.4 Å². The minimum Gasteiger partial charge on any atom is -0.377 e. The summed E-state index contributed by atoms with van der Waals surface area (Å²) in [5.74, 6) is -0.801. The van der Waals surface area contributed by atoms with E-state index in [0.717, 1.165) is 22.9 Å². The summed E-state index contributed by atoms with van der Waals surface area (Å²) in [5, 5.41) is 2.18. The minimum atomic E-state index is -4.19. The SMILES string of the molecule is CC(=O)Nc1ccc(S(=O)(=O)Oc2ccc(/C=C3\SC(=O)N(Cc4cccc(C)c4)C3=O)cc2Cl)cc1. The number of hydrogen-bond acceptors (Lipinski definition) is 7. The molecule has 0 bridgehead atoms. The average molecular weight is 557 g/mol. The zero-order valence-corrected chi connectivity index (χ0v) is 22.1. The van der Waals surface area contributed by atoms with E-state index in [1.54, 1.807) is 0 Å². The normalized spacial score (nSPS) is 14.8. The molecule has 0 aromatic heterocycles. The van der Waals surface area contributed by atoms with Crippen molar-refractivity contribution in [1.29, 1.82) is 0 Å². The van der Waals surface area contributed by atoms with E-state index in [2.05, 4.69) is 5.32 Å². The fourth-order valence-electron chi connectivity index (χ4n) is 3.53. The third-order valence-corrected chi connectivity index (χ3v) is 7.66. The predicted molar refractivity (Wildman–Crippen MR) is 143 cm³/mol. The van der Waals surface area contributed by atoms with Gasteiger partial charge in [-0.25, -0.2) is 0 Å². The number of carbonyl (C=O) groups excluding carboxylic acids is 3. The third-order valence-electron chi connectivity index (χ3n) is 5.21. The number of halogens is 1. The first-order chi connectivity index (χ1) is 17.5. The van der Waals surface area contributed by atoms with Gasteiger partial charge in [0.2, 0.25) is 5.91 Å². The first kappa shape index (κ1) is 26.5. The highest BCUT2D eigenvalue weighted by molar-refractivity contribution is 8.18. The van der Waals surface area contributed by atoms with Crippen molar-refractivity contribution in [2.24, 2.45) is 0 Å². The van der Waals surface area contributed by atoms with Gasteiger partial charge in [-0.05, 0) is 72.3 Å². The van der Waals surface area contributed by atoms with E-state index in [0.29, 0.717) is 11.3 Å². The van der Waals surface area contributed by atoms with Crippen LogP contribution in [0.1, 0.15) is 23.6 Å². The zero-order chi connectivity index (χ0) is 26.7. The van der Waals surface area contributed by atoms with Crippen molar-refractivity contribution in [3.05, 3.63) is 93.3 Å². The molecule has 0 aliphatic carbocycles. The fourth-order valence-corrected chi connectivity index (χ4v) is 5.59. The molecular formula is C26H21ClN2O6S2. The van der Waals surface area contributed by atoms with Crippen LogP contribution in [0, 0.1) is 6.92 Å². The highest BCUT2D eigenvalue weighted by atomic mass is 35.5. The zero-order valence-electron chi connectivity index (χ0n) is 19.7. The molecule has 1 aliphatic rings. The summed E-state index contributed by atoms with van der Waals surface area (Å²) in [6, 6.07) is 17.4. The van der Waals surface area contributed by atoms with E-state index < -0.39 is 16.0 Å². The van der Waals surface area contributed by atoms with Crippen molar-refractivity contribution in [3.8, 4) is 5.75 Å². The maximum atomic E-state index is 12.8. The summed E-state index contributed by atoms with van der Waals surface area (Å²) in [7, 11) is -4.19. The molecule has 3 aromatic carbocycles. The van der Waals surface area contributed by atoms with Crippen molar-refractivity contribution in [3.63, 3.8) is 0 Å². The van der Waals surface area contributed by atoms with Gasteiger partial charge in [-0.3, -0.25) is 19.3 Å². The highest BCUT2D eigenvalue weighted by Crippen LogP contribution is 2.35. The lowest BCUT2D eigenvalue weighted by atomic mass is 10.1. The number of benzene rings is 3. The van der Waals surface area contributed by atoms with Gasteiger partial charge in [0.05, 0.1) is 16.5 Å². The average Bonchev–Trinajstić information content (AvgIpc) is 3.08. The number of imide groups is 1. The molecule has 37 heavy (non-hydrogen) atoms. The van der Waals surface area contributed by atoms with Gasteiger partial charge in [0, 0.05) is 12.6 Å². The highest BCUT2D eigenvalue weighted by Gasteiger charge is 2.35. The number of nitrogens with zero attached hydrogens (tertiary/aromatic N) is 1. The second-order valence-electron chi connectivity index (χ2n) is 8.19. The summed E-state index contributed by atoms with van der Waals surface area (Å²) in [5.41, 5.74) is 2.81. The number of anilines is 1. The van der Waals surface area contributed by atoms with Gasteiger partial charge in [0.15, 0.2) is 5.75 Å². The Kier molecular flexibility index (Phi) is 7.72. The van der Waals surface area contributed by atoms with Gasteiger partial charge in [-0.2, -0.15) is 8.42 Å². The summed E-state index contributed by atoms with van der Waals surface area (Å²) in [6.45, 7) is 3.44. The number of nitrogens with one attached hydrogen (secondary N) is 1. The molecular weight excluding hydrogens is 536 g/mol. The van der Waals surface area contributed by atoms with Crippen LogP contribution in [0.25, 0.3) is 6.08 Å². The monoisotopic (exact) mass is 556 g/mol. The molecule has 0 saturated carbocycles. The van der Waals surface area contributed by atoms with Crippen molar-refractivity contribution in [2.45, 2.75) is 25.3 Å². The minimum absolute atomic E-state index is 0.00572. The van der Waals surface area contributed by atoms with Crippen LogP contribution in [0.3, 0.4) is 0 Å². The molecule has 3 amide bonds. The first-order valence-electron chi connectivity index (χ1n) is 10.9. The molecule has 1 aliphatic heterocycles. The van der Waals surface area contributed by atoms with Crippen LogP contribution < -0.4 is 9.50 Å². The smallest absolute Gasteiger partial charge is 0.339 e. The Hall–Kier alpha value is -3.60. The van der Waals surface area contributed by atoms with E-state index in [1.807, 2.05) is 31.2 Å². The summed E-state index contributed by atoms with van der Waals surface area (Å²) in [4.78, 5) is 37.7. The van der Waals surface area contributed by atoms with Crippen LogP contribution in [-0.4, -0.2) is 30.4 Å². The molecule has 0 radical (unpaired) electrons. The van der Waals surface area contributed by atoms with Crippen molar-refractivity contribution >= 4 is 62.3 Å². The lowest BCUT2D eigenvalue weighted by molar-refractivity contribution is -0.123. The number of aryl methyl sites for hydroxylation is 1. The van der Waals surface area contributed by atoms with E-state index in [1.165, 1.54) is 60.4 Å². The van der Waals surface area contributed by atoms with Crippen LogP contribution in [0.5, 0.6) is 5.75 Å². The van der Waals surface area contributed by atoms with Gasteiger partial charge in [-0.1, -0.05) is 47.5 Å². The molecule has 1 saturated heterocycles. The summed E-state index contributed by atoms with van der Waals surface area (Å²) in [6.07, 6.45) is 1.52. The van der Waals surface area contributed by atoms with Gasteiger partial charge in [0.1, 0.15) is 4.90 Å². The molecule has 3 aromatic rings. The second-order valence-corrected chi connectivity index (χ2v) is 11.1. The second kappa shape index (κ2) is 10.8. The van der Waals surface area contributed by atoms with Crippen molar-refractivity contribution < 1.29 is 27.0 Å². The summed E-state index contributed by atoms with van der Waals surface area (Å²) >= 11 is 7.10. The van der Waals surface area contributed by atoms with E-state index in [-0.39, 0.29) is 38.3 Å². The van der Waals surface area contributed by atoms with Gasteiger partial charge >= 0.3 is 10.1 Å². The van der Waals surface area contributed by atoms with E-state index in [9.17, 15) is 22.8 Å². The topological polar surface area (TPSA) is 110 Å². The lowest BCUT2D eigenvalue weighted by Gasteiger charge is -2.12. The molecule has 1 heterocycles. The predicted octanol–water partition coefficient (Wildman–Crippen LogP) is 5.61. The number of rotatable bonds is 7. The molecule has 11 heteroatoms. The Morgan fingerprint density at radius 2 is 1.81 bits per heavy atom. The Morgan fingerprint density at radius 1 is 1.08 bits per heavy atom. The standard InChI is InChI=1S/C26H21ClN2O6S2/c1-16-4-3-5-19(12-16)15-29-25(31)24(36-26(29)32)14-18-6-11-23(22(27)13-18)35-37(33,34)21-9-7-20(8-10-21)28-17(2)30/h3-14H,15H2,1-2H3,(H,28,30)/b24-14-. The largest absolute Gasteiger partial charge is 0.377 e. The molecule has 4 rings (SSSR count). The van der Waals surface area contributed by atoms with E-state index in [4.69, 9.17) is 15.8 Å². The lowest BCUT2D eigenvalue weighted by Crippen LogP contribution is -2.27. The molecule has 1 fully saturated rings. The van der Waals surface area contributed by atoms with Crippen LogP contribution in [0.4, 0.5) is 10.5 Å². The number of carbonyl (C=O) groups is 3. The molecule has 1 N–H and O–H groups in total. The molecule has 190 valence electrons. The fraction of sp³-hybridized carbons (Fsp3) is 0.115. The van der Waals surface area contributed by atoms with Crippen molar-refractivity contribution in [2.75, 3.05) is 5.32 Å². The number of thioether (sulfide) groups is 1. The van der Waals surface area contributed by atoms with Gasteiger partial charge < -0.3 is 9.50 Å². The van der Waals surface area contributed by atoms with Crippen LogP contribution in [-0.2, 0) is 26.3 Å². The third kappa shape index (κ3) is 6.40. The number of hydrogen-bond donors (Lipinski definition) is 1. The Labute approximate surface area is 223 Å². The van der Waals surface area contributed by atoms with Crippen LogP contribution in [0.2, 0.25) is 5.02 Å². The maximum absolute atomic E-state index is 12.8.